The Hall–Kier alpha value is -0.840. The van der Waals surface area contributed by atoms with Crippen LogP contribution in [0.2, 0.25) is 0 Å². The van der Waals surface area contributed by atoms with E-state index in [2.05, 4.69) is 0 Å². The predicted molar refractivity (Wildman–Crippen MR) is 78.3 cm³/mol. The third kappa shape index (κ3) is 5.27. The lowest BCUT2D eigenvalue weighted by Crippen LogP contribution is -2.43. The fourth-order valence-electron chi connectivity index (χ4n) is 2.87. The van der Waals surface area contributed by atoms with Crippen LogP contribution in [0.1, 0.15) is 47.0 Å². The van der Waals surface area contributed by atoms with Gasteiger partial charge in [0.1, 0.15) is 11.8 Å². The summed E-state index contributed by atoms with van der Waals surface area (Å²) in [7, 11) is 0. The van der Waals surface area contributed by atoms with Crippen molar-refractivity contribution in [3.8, 4) is 0 Å². The molecule has 2 unspecified atom stereocenters. The van der Waals surface area contributed by atoms with Crippen molar-refractivity contribution in [3.05, 3.63) is 0 Å². The Morgan fingerprint density at radius 2 is 1.95 bits per heavy atom. The van der Waals surface area contributed by atoms with Gasteiger partial charge in [0.15, 0.2) is 0 Å². The van der Waals surface area contributed by atoms with E-state index in [0.717, 1.165) is 19.3 Å². The van der Waals surface area contributed by atoms with Crippen LogP contribution < -0.4 is 5.73 Å². The Morgan fingerprint density at radius 3 is 2.35 bits per heavy atom. The van der Waals surface area contributed by atoms with Gasteiger partial charge in [0.25, 0.3) is 0 Å². The van der Waals surface area contributed by atoms with Crippen molar-refractivity contribution >= 4 is 6.09 Å². The number of likely N-dealkylation sites (tertiary alicyclic amines) is 1. The van der Waals surface area contributed by atoms with Gasteiger partial charge in [0.2, 0.25) is 0 Å². The Kier molecular flexibility index (Phi) is 6.24. The maximum Gasteiger partial charge on any atom is 0.410 e. The number of halogens is 1. The maximum atomic E-state index is 13.7. The number of hydrogen-bond acceptors (Lipinski definition) is 3. The number of ether oxygens (including phenoxy) is 1. The average Bonchev–Trinajstić information content (AvgIpc) is 2.33. The first-order chi connectivity index (χ1) is 9.24. The van der Waals surface area contributed by atoms with Crippen molar-refractivity contribution < 1.29 is 13.9 Å². The molecule has 1 fully saturated rings. The number of nitrogens with zero attached hydrogens (tertiary/aromatic N) is 1. The van der Waals surface area contributed by atoms with E-state index in [9.17, 15) is 9.18 Å². The van der Waals surface area contributed by atoms with Gasteiger partial charge in [0.05, 0.1) is 0 Å². The number of amides is 1. The molecular weight excluding hydrogens is 259 g/mol. The van der Waals surface area contributed by atoms with E-state index in [4.69, 9.17) is 10.5 Å². The Morgan fingerprint density at radius 1 is 1.40 bits per heavy atom. The maximum absolute atomic E-state index is 13.7. The van der Waals surface area contributed by atoms with Gasteiger partial charge in [-0.1, -0.05) is 0 Å². The molecule has 1 heterocycles. The van der Waals surface area contributed by atoms with E-state index < -0.39 is 11.8 Å². The number of rotatable bonds is 4. The molecule has 1 amide bonds. The summed E-state index contributed by atoms with van der Waals surface area (Å²) in [6.45, 7) is 9.01. The molecular formula is C15H29FN2O2. The normalized spacial score (nSPS) is 20.6. The van der Waals surface area contributed by atoms with Crippen LogP contribution in [0, 0.1) is 11.8 Å². The number of carbonyl (C=O) groups excluding carboxylic acids is 1. The SMILES string of the molecule is CC(F)C(CCN)C1CCN(C(=O)OC(C)(C)C)CC1. The van der Waals surface area contributed by atoms with E-state index in [1.165, 1.54) is 0 Å². The molecule has 1 aliphatic heterocycles. The van der Waals surface area contributed by atoms with Crippen LogP contribution in [0.3, 0.4) is 0 Å². The van der Waals surface area contributed by atoms with Crippen molar-refractivity contribution in [2.24, 2.45) is 17.6 Å². The Balaban J connectivity index is 2.48. The largest absolute Gasteiger partial charge is 0.444 e. The molecule has 0 aromatic rings. The molecule has 118 valence electrons. The molecule has 1 aliphatic rings. The van der Waals surface area contributed by atoms with Crippen molar-refractivity contribution in [3.63, 3.8) is 0 Å². The third-order valence-electron chi connectivity index (χ3n) is 3.89. The number of alkyl halides is 1. The van der Waals surface area contributed by atoms with E-state index in [1.807, 2.05) is 20.8 Å². The zero-order valence-corrected chi connectivity index (χ0v) is 13.2. The zero-order chi connectivity index (χ0) is 15.3. The number of carbonyl (C=O) groups is 1. The minimum atomic E-state index is -0.836. The van der Waals surface area contributed by atoms with Crippen molar-refractivity contribution in [2.75, 3.05) is 19.6 Å². The van der Waals surface area contributed by atoms with E-state index in [-0.39, 0.29) is 12.0 Å². The Labute approximate surface area is 121 Å². The second kappa shape index (κ2) is 7.25. The minimum absolute atomic E-state index is 0.0146. The van der Waals surface area contributed by atoms with Crippen LogP contribution in [0.5, 0.6) is 0 Å². The number of hydrogen-bond donors (Lipinski definition) is 1. The van der Waals surface area contributed by atoms with E-state index in [0.29, 0.717) is 25.6 Å². The predicted octanol–water partition coefficient (Wildman–Crippen LogP) is 2.96. The van der Waals surface area contributed by atoms with E-state index >= 15 is 0 Å². The molecule has 0 saturated carbocycles. The first kappa shape index (κ1) is 17.2. The highest BCUT2D eigenvalue weighted by Crippen LogP contribution is 2.31. The van der Waals surface area contributed by atoms with Crippen LogP contribution >= 0.6 is 0 Å². The Bertz CT molecular complexity index is 307. The van der Waals surface area contributed by atoms with Crippen LogP contribution in [0.25, 0.3) is 0 Å². The molecule has 20 heavy (non-hydrogen) atoms. The third-order valence-corrected chi connectivity index (χ3v) is 3.89. The lowest BCUT2D eigenvalue weighted by atomic mass is 9.80. The van der Waals surface area contributed by atoms with Gasteiger partial charge in [0, 0.05) is 13.1 Å². The van der Waals surface area contributed by atoms with Crippen molar-refractivity contribution in [1.29, 1.82) is 0 Å². The topological polar surface area (TPSA) is 55.6 Å². The first-order valence-corrected chi connectivity index (χ1v) is 7.56. The molecule has 0 bridgehead atoms. The van der Waals surface area contributed by atoms with E-state index in [1.54, 1.807) is 11.8 Å². The molecule has 0 spiro atoms. The van der Waals surface area contributed by atoms with Gasteiger partial charge < -0.3 is 15.4 Å². The van der Waals surface area contributed by atoms with Gasteiger partial charge in [-0.15, -0.1) is 0 Å². The molecule has 5 heteroatoms. The number of nitrogens with two attached hydrogens (primary N) is 1. The summed E-state index contributed by atoms with van der Waals surface area (Å²) in [5.74, 6) is 0.332. The van der Waals surface area contributed by atoms with Gasteiger partial charge >= 0.3 is 6.09 Å². The highest BCUT2D eigenvalue weighted by molar-refractivity contribution is 5.68. The molecule has 0 radical (unpaired) electrons. The summed E-state index contributed by atoms with van der Waals surface area (Å²) < 4.78 is 19.0. The standard InChI is InChI=1S/C15H29FN2O2/c1-11(16)13(5-8-17)12-6-9-18(10-7-12)14(19)20-15(2,3)4/h11-13H,5-10,17H2,1-4H3. The van der Waals surface area contributed by atoms with Crippen LogP contribution in [0.4, 0.5) is 9.18 Å². The first-order valence-electron chi connectivity index (χ1n) is 7.56. The van der Waals surface area contributed by atoms with Crippen LogP contribution in [-0.2, 0) is 4.74 Å². The molecule has 1 saturated heterocycles. The summed E-state index contributed by atoms with van der Waals surface area (Å²) in [5, 5.41) is 0. The molecule has 0 aromatic heterocycles. The minimum Gasteiger partial charge on any atom is -0.444 e. The molecule has 0 aromatic carbocycles. The summed E-state index contributed by atoms with van der Waals surface area (Å²) >= 11 is 0. The van der Waals surface area contributed by atoms with Crippen molar-refractivity contribution in [1.82, 2.24) is 4.90 Å². The summed E-state index contributed by atoms with van der Waals surface area (Å²) in [6, 6.07) is 0. The van der Waals surface area contributed by atoms with Gasteiger partial charge in [-0.25, -0.2) is 9.18 Å². The summed E-state index contributed by atoms with van der Waals surface area (Å²) in [5.41, 5.74) is 5.10. The monoisotopic (exact) mass is 288 g/mol. The molecule has 2 N–H and O–H groups in total. The quantitative estimate of drug-likeness (QED) is 0.865. The van der Waals surface area contributed by atoms with Gasteiger partial charge in [-0.2, -0.15) is 0 Å². The highest BCUT2D eigenvalue weighted by Gasteiger charge is 2.32. The van der Waals surface area contributed by atoms with Crippen LogP contribution in [-0.4, -0.2) is 42.4 Å². The zero-order valence-electron chi connectivity index (χ0n) is 13.2. The van der Waals surface area contributed by atoms with Gasteiger partial charge in [-0.3, -0.25) is 0 Å². The summed E-state index contributed by atoms with van der Waals surface area (Å²) in [4.78, 5) is 13.7. The second-order valence-electron chi connectivity index (χ2n) is 6.72. The lowest BCUT2D eigenvalue weighted by Gasteiger charge is -2.37. The molecule has 2 atom stereocenters. The second-order valence-corrected chi connectivity index (χ2v) is 6.72. The lowest BCUT2D eigenvalue weighted by molar-refractivity contribution is 0.0132. The number of piperidine rings is 1. The van der Waals surface area contributed by atoms with Crippen molar-refractivity contribution in [2.45, 2.75) is 58.7 Å². The van der Waals surface area contributed by atoms with Crippen LogP contribution in [0.15, 0.2) is 0 Å². The smallest absolute Gasteiger partial charge is 0.410 e. The molecule has 4 nitrogen and oxygen atoms in total. The average molecular weight is 288 g/mol. The fourth-order valence-corrected chi connectivity index (χ4v) is 2.87. The summed E-state index contributed by atoms with van der Waals surface area (Å²) in [6.07, 6.45) is 1.28. The highest BCUT2D eigenvalue weighted by atomic mass is 19.1. The molecule has 1 rings (SSSR count). The fraction of sp³-hybridized carbons (Fsp3) is 0.933. The molecule has 0 aliphatic carbocycles. The van der Waals surface area contributed by atoms with Gasteiger partial charge in [-0.05, 0) is 65.3 Å².